The van der Waals surface area contributed by atoms with Gasteiger partial charge in [0.2, 0.25) is 0 Å². The first kappa shape index (κ1) is 20.3. The molecule has 2 saturated carbocycles. The molecule has 2 aromatic rings. The van der Waals surface area contributed by atoms with Crippen molar-refractivity contribution in [3.63, 3.8) is 0 Å². The number of anilines is 2. The number of hydrogen-bond donors (Lipinski definition) is 1. The molecule has 0 amide bonds. The van der Waals surface area contributed by atoms with Crippen molar-refractivity contribution in [1.82, 2.24) is 9.97 Å². The quantitative estimate of drug-likeness (QED) is 0.682. The van der Waals surface area contributed by atoms with E-state index in [2.05, 4.69) is 54.8 Å². The Morgan fingerprint density at radius 3 is 1.63 bits per heavy atom. The number of hydrogen-bond acceptors (Lipinski definition) is 5. The SMILES string of the molecule is Cc1cc(N2CC3CC3C2)ncc1CBr.Cc1cc(N2CC3CC3C2)ncc1CO. The summed E-state index contributed by atoms with van der Waals surface area (Å²) >= 11 is 3.48. The largest absolute Gasteiger partial charge is 0.392 e. The summed E-state index contributed by atoms with van der Waals surface area (Å²) in [5, 5.41) is 9.97. The Labute approximate surface area is 187 Å². The molecule has 0 spiro atoms. The van der Waals surface area contributed by atoms with Crippen LogP contribution in [-0.2, 0) is 11.9 Å². The lowest BCUT2D eigenvalue weighted by Crippen LogP contribution is -2.23. The van der Waals surface area contributed by atoms with E-state index in [4.69, 9.17) is 5.11 Å². The van der Waals surface area contributed by atoms with E-state index >= 15 is 0 Å². The number of piperidine rings is 2. The molecule has 4 unspecified atom stereocenters. The van der Waals surface area contributed by atoms with Crippen LogP contribution in [0.4, 0.5) is 11.6 Å². The van der Waals surface area contributed by atoms with Gasteiger partial charge in [0.15, 0.2) is 0 Å². The lowest BCUT2D eigenvalue weighted by atomic mass is 10.1. The molecule has 4 fully saturated rings. The highest BCUT2D eigenvalue weighted by atomic mass is 79.9. The second-order valence-corrected chi connectivity index (χ2v) is 10.1. The van der Waals surface area contributed by atoms with Gasteiger partial charge in [0.25, 0.3) is 0 Å². The van der Waals surface area contributed by atoms with Crippen molar-refractivity contribution < 1.29 is 5.11 Å². The molecular formula is C24H31BrN4O. The molecule has 6 rings (SSSR count). The number of rotatable bonds is 4. The zero-order valence-electron chi connectivity index (χ0n) is 17.9. The Morgan fingerprint density at radius 2 is 1.27 bits per heavy atom. The van der Waals surface area contributed by atoms with Crippen molar-refractivity contribution >= 4 is 27.6 Å². The van der Waals surface area contributed by atoms with Gasteiger partial charge in [-0.1, -0.05) is 15.9 Å². The molecule has 5 nitrogen and oxygen atoms in total. The number of aliphatic hydroxyl groups is 1. The van der Waals surface area contributed by atoms with Gasteiger partial charge in [0.1, 0.15) is 11.6 Å². The number of nitrogens with zero attached hydrogens (tertiary/aromatic N) is 4. The summed E-state index contributed by atoms with van der Waals surface area (Å²) < 4.78 is 0. The Kier molecular flexibility index (Phi) is 5.48. The normalized spacial score (nSPS) is 28.0. The maximum atomic E-state index is 9.07. The number of aryl methyl sites for hydroxylation is 2. The molecule has 0 bridgehead atoms. The summed E-state index contributed by atoms with van der Waals surface area (Å²) in [6.07, 6.45) is 6.68. The second-order valence-electron chi connectivity index (χ2n) is 9.55. The number of aliphatic hydroxyl groups excluding tert-OH is 1. The number of halogens is 1. The van der Waals surface area contributed by atoms with Crippen LogP contribution in [0.25, 0.3) is 0 Å². The molecule has 2 aliphatic heterocycles. The molecule has 2 aromatic heterocycles. The zero-order chi connectivity index (χ0) is 20.8. The predicted molar refractivity (Wildman–Crippen MR) is 124 cm³/mol. The van der Waals surface area contributed by atoms with E-state index in [1.54, 1.807) is 6.20 Å². The van der Waals surface area contributed by atoms with Gasteiger partial charge in [0, 0.05) is 43.9 Å². The molecule has 2 saturated heterocycles. The van der Waals surface area contributed by atoms with Crippen LogP contribution in [0.1, 0.15) is 35.1 Å². The number of alkyl halides is 1. The van der Waals surface area contributed by atoms with Gasteiger partial charge >= 0.3 is 0 Å². The van der Waals surface area contributed by atoms with Crippen LogP contribution in [-0.4, -0.2) is 41.3 Å². The van der Waals surface area contributed by atoms with Crippen molar-refractivity contribution in [2.75, 3.05) is 36.0 Å². The van der Waals surface area contributed by atoms with Crippen molar-refractivity contribution in [3.8, 4) is 0 Å². The molecule has 0 radical (unpaired) electrons. The van der Waals surface area contributed by atoms with Gasteiger partial charge in [-0.25, -0.2) is 9.97 Å². The third kappa shape index (κ3) is 4.09. The number of fused-ring (bicyclic) bond motifs is 2. The van der Waals surface area contributed by atoms with E-state index in [1.807, 2.05) is 13.1 Å². The van der Waals surface area contributed by atoms with E-state index in [1.165, 1.54) is 56.0 Å². The molecule has 4 aliphatic rings. The maximum Gasteiger partial charge on any atom is 0.128 e. The van der Waals surface area contributed by atoms with E-state index in [-0.39, 0.29) is 6.61 Å². The van der Waals surface area contributed by atoms with Crippen LogP contribution in [0, 0.1) is 37.5 Å². The third-order valence-corrected chi connectivity index (χ3v) is 7.93. The molecule has 30 heavy (non-hydrogen) atoms. The monoisotopic (exact) mass is 470 g/mol. The smallest absolute Gasteiger partial charge is 0.128 e. The molecule has 1 N–H and O–H groups in total. The lowest BCUT2D eigenvalue weighted by Gasteiger charge is -2.19. The summed E-state index contributed by atoms with van der Waals surface area (Å²) in [6, 6.07) is 4.32. The molecule has 4 heterocycles. The van der Waals surface area contributed by atoms with Crippen molar-refractivity contribution in [2.45, 2.75) is 38.6 Å². The lowest BCUT2D eigenvalue weighted by molar-refractivity contribution is 0.280. The van der Waals surface area contributed by atoms with Gasteiger partial charge in [-0.15, -0.1) is 0 Å². The second kappa shape index (κ2) is 8.12. The summed E-state index contributed by atoms with van der Waals surface area (Å²) in [6.45, 7) is 9.09. The van der Waals surface area contributed by atoms with Crippen LogP contribution < -0.4 is 9.80 Å². The highest BCUT2D eigenvalue weighted by Crippen LogP contribution is 2.46. The van der Waals surface area contributed by atoms with Crippen molar-refractivity contribution in [1.29, 1.82) is 0 Å². The van der Waals surface area contributed by atoms with Crippen LogP contribution in [0.5, 0.6) is 0 Å². The minimum absolute atomic E-state index is 0.0877. The average Bonchev–Trinajstić information content (AvgIpc) is 3.60. The van der Waals surface area contributed by atoms with Gasteiger partial charge in [-0.05, 0) is 84.7 Å². The van der Waals surface area contributed by atoms with Gasteiger partial charge in [0.05, 0.1) is 6.61 Å². The molecular weight excluding hydrogens is 440 g/mol. The highest BCUT2D eigenvalue weighted by Gasteiger charge is 2.46. The fourth-order valence-electron chi connectivity index (χ4n) is 4.96. The topological polar surface area (TPSA) is 52.5 Å². The van der Waals surface area contributed by atoms with Crippen molar-refractivity contribution in [3.05, 3.63) is 46.8 Å². The van der Waals surface area contributed by atoms with E-state index in [9.17, 15) is 0 Å². The summed E-state index contributed by atoms with van der Waals surface area (Å²) in [5.74, 6) is 6.07. The highest BCUT2D eigenvalue weighted by molar-refractivity contribution is 9.08. The molecule has 160 valence electrons. The Hall–Kier alpha value is -1.66. The van der Waals surface area contributed by atoms with Crippen LogP contribution >= 0.6 is 15.9 Å². The first-order valence-electron chi connectivity index (χ1n) is 11.1. The standard InChI is InChI=1S/C12H15BrN2.C12H16N2O/c1-8-2-12(14-5-11(8)4-13)15-6-9-3-10(9)7-15;1-8-2-12(13-4-11(8)7-15)14-5-9-3-10(9)6-14/h2,5,9-10H,3-4,6-7H2,1H3;2,4,9-10,15H,3,5-7H2,1H3. The minimum atomic E-state index is 0.0877. The number of pyridine rings is 2. The third-order valence-electron chi connectivity index (χ3n) is 7.33. The van der Waals surface area contributed by atoms with Gasteiger partial charge in [-0.2, -0.15) is 0 Å². The van der Waals surface area contributed by atoms with E-state index < -0.39 is 0 Å². The fourth-order valence-corrected chi connectivity index (χ4v) is 5.55. The molecule has 2 aliphatic carbocycles. The Morgan fingerprint density at radius 1 is 0.833 bits per heavy atom. The van der Waals surface area contributed by atoms with E-state index in [0.717, 1.165) is 45.9 Å². The molecule has 0 aromatic carbocycles. The summed E-state index contributed by atoms with van der Waals surface area (Å²) in [7, 11) is 0. The molecule has 6 heteroatoms. The van der Waals surface area contributed by atoms with Crippen LogP contribution in [0.15, 0.2) is 24.5 Å². The Bertz CT molecular complexity index is 840. The van der Waals surface area contributed by atoms with Crippen LogP contribution in [0.3, 0.4) is 0 Å². The maximum absolute atomic E-state index is 9.07. The Balaban J connectivity index is 0.000000128. The van der Waals surface area contributed by atoms with Crippen molar-refractivity contribution in [2.24, 2.45) is 23.7 Å². The van der Waals surface area contributed by atoms with E-state index in [0.29, 0.717) is 0 Å². The zero-order valence-corrected chi connectivity index (χ0v) is 19.5. The fraction of sp³-hybridized carbons (Fsp3) is 0.583. The average molecular weight is 471 g/mol. The van der Waals surface area contributed by atoms with Gasteiger partial charge in [-0.3, -0.25) is 0 Å². The summed E-state index contributed by atoms with van der Waals surface area (Å²) in [4.78, 5) is 13.8. The summed E-state index contributed by atoms with van der Waals surface area (Å²) in [5.41, 5.74) is 4.71. The first-order valence-corrected chi connectivity index (χ1v) is 12.3. The van der Waals surface area contributed by atoms with Gasteiger partial charge < -0.3 is 14.9 Å². The minimum Gasteiger partial charge on any atom is -0.392 e. The number of aromatic nitrogens is 2. The first-order chi connectivity index (χ1) is 14.6. The predicted octanol–water partition coefficient (Wildman–Crippen LogP) is 4.08. The van der Waals surface area contributed by atoms with Crippen LogP contribution in [0.2, 0.25) is 0 Å². The molecule has 4 atom stereocenters.